The third kappa shape index (κ3) is 4.66. The first-order valence-electron chi connectivity index (χ1n) is 6.48. The van der Waals surface area contributed by atoms with Gasteiger partial charge in [0.1, 0.15) is 11.4 Å². The van der Waals surface area contributed by atoms with Crippen LogP contribution in [0.15, 0.2) is 18.2 Å². The number of ether oxygens (including phenoxy) is 2. The van der Waals surface area contributed by atoms with Crippen LogP contribution in [-0.2, 0) is 11.3 Å². The summed E-state index contributed by atoms with van der Waals surface area (Å²) in [7, 11) is 1.40. The first-order valence-corrected chi connectivity index (χ1v) is 6.48. The second kappa shape index (κ2) is 6.80. The summed E-state index contributed by atoms with van der Waals surface area (Å²) in [6, 6.07) is 6.49. The van der Waals surface area contributed by atoms with Crippen LogP contribution in [0.25, 0.3) is 0 Å². The first-order chi connectivity index (χ1) is 10.2. The van der Waals surface area contributed by atoms with Crippen molar-refractivity contribution in [2.75, 3.05) is 7.11 Å². The van der Waals surface area contributed by atoms with Crippen molar-refractivity contribution in [2.24, 2.45) is 0 Å². The molecule has 1 N–H and O–H groups in total. The Labute approximate surface area is 128 Å². The first kappa shape index (κ1) is 17.3. The number of rotatable bonds is 3. The highest BCUT2D eigenvalue weighted by atomic mass is 16.6. The molecule has 1 rings (SSSR count). The Balaban J connectivity index is 3.04. The maximum absolute atomic E-state index is 12.0. The van der Waals surface area contributed by atoms with E-state index in [-0.39, 0.29) is 6.54 Å². The van der Waals surface area contributed by atoms with Crippen LogP contribution in [-0.4, -0.2) is 34.9 Å². The van der Waals surface area contributed by atoms with Gasteiger partial charge in [0.05, 0.1) is 25.3 Å². The van der Waals surface area contributed by atoms with Crippen molar-refractivity contribution in [3.8, 4) is 11.8 Å². The van der Waals surface area contributed by atoms with Crippen molar-refractivity contribution in [1.82, 2.24) is 4.90 Å². The number of hydrogen-bond acceptors (Lipinski definition) is 5. The summed E-state index contributed by atoms with van der Waals surface area (Å²) in [5.41, 5.74) is 0.0222. The van der Waals surface area contributed by atoms with Gasteiger partial charge in [-0.15, -0.1) is 0 Å². The Bertz CT molecular complexity index is 613. The van der Waals surface area contributed by atoms with Crippen LogP contribution in [0.2, 0.25) is 0 Å². The summed E-state index contributed by atoms with van der Waals surface area (Å²) < 4.78 is 10.2. The number of carbonyl (C=O) groups excluding carboxylic acids is 1. The van der Waals surface area contributed by atoms with E-state index in [9.17, 15) is 14.7 Å². The summed E-state index contributed by atoms with van der Waals surface area (Å²) in [5.74, 6) is 0.328. The molecular weight excluding hydrogens is 288 g/mol. The van der Waals surface area contributed by atoms with E-state index in [0.717, 1.165) is 0 Å². The number of nitrogens with zero attached hydrogens (tertiary/aromatic N) is 2. The molecule has 1 aromatic rings. The van der Waals surface area contributed by atoms with Gasteiger partial charge in [-0.25, -0.2) is 14.5 Å². The summed E-state index contributed by atoms with van der Waals surface area (Å²) in [4.78, 5) is 23.8. The van der Waals surface area contributed by atoms with Gasteiger partial charge in [0.2, 0.25) is 0 Å². The smallest absolute Gasteiger partial charge is 0.420 e. The lowest BCUT2D eigenvalue weighted by Crippen LogP contribution is -2.39. The minimum atomic E-state index is -1.43. The third-order valence-electron chi connectivity index (χ3n) is 2.59. The van der Waals surface area contributed by atoms with Crippen molar-refractivity contribution in [3.63, 3.8) is 0 Å². The quantitative estimate of drug-likeness (QED) is 0.921. The number of benzene rings is 1. The molecule has 0 atom stereocenters. The van der Waals surface area contributed by atoms with Crippen LogP contribution in [0, 0.1) is 11.3 Å². The van der Waals surface area contributed by atoms with Crippen molar-refractivity contribution < 1.29 is 24.2 Å². The van der Waals surface area contributed by atoms with Crippen molar-refractivity contribution in [3.05, 3.63) is 29.3 Å². The van der Waals surface area contributed by atoms with Gasteiger partial charge in [0, 0.05) is 5.56 Å². The minimum absolute atomic E-state index is 0.237. The van der Waals surface area contributed by atoms with Crippen LogP contribution >= 0.6 is 0 Å². The molecule has 0 heterocycles. The summed E-state index contributed by atoms with van der Waals surface area (Å²) in [6.45, 7) is 4.70. The lowest BCUT2D eigenvalue weighted by molar-refractivity contribution is 0.0254. The Morgan fingerprint density at radius 3 is 2.45 bits per heavy atom. The second-order valence-electron chi connectivity index (χ2n) is 5.49. The van der Waals surface area contributed by atoms with Crippen LogP contribution in [0.3, 0.4) is 0 Å². The standard InChI is InChI=1S/C15H18N2O5/c1-15(2,3)22-14(20)17(13(18)19)9-11-6-5-10(8-16)7-12(11)21-4/h5-7H,9H2,1-4H3,(H,18,19). The lowest BCUT2D eigenvalue weighted by Gasteiger charge is -2.24. The van der Waals surface area contributed by atoms with Gasteiger partial charge in [-0.1, -0.05) is 6.07 Å². The Morgan fingerprint density at radius 2 is 2.00 bits per heavy atom. The van der Waals surface area contributed by atoms with Gasteiger partial charge in [-0.2, -0.15) is 5.26 Å². The van der Waals surface area contributed by atoms with Gasteiger partial charge in [0.15, 0.2) is 0 Å². The summed E-state index contributed by atoms with van der Waals surface area (Å²) >= 11 is 0. The van der Waals surface area contributed by atoms with Gasteiger partial charge >= 0.3 is 12.2 Å². The van der Waals surface area contributed by atoms with Crippen molar-refractivity contribution in [1.29, 1.82) is 5.26 Å². The van der Waals surface area contributed by atoms with Crippen LogP contribution in [0.4, 0.5) is 9.59 Å². The van der Waals surface area contributed by atoms with Gasteiger partial charge in [0.25, 0.3) is 0 Å². The molecule has 0 aliphatic heterocycles. The lowest BCUT2D eigenvalue weighted by atomic mass is 10.1. The topological polar surface area (TPSA) is 99.9 Å². The Morgan fingerprint density at radius 1 is 1.36 bits per heavy atom. The summed E-state index contributed by atoms with van der Waals surface area (Å²) in [6.07, 6.45) is -2.40. The maximum Gasteiger partial charge on any atom is 0.420 e. The number of amides is 2. The van der Waals surface area contributed by atoms with Crippen LogP contribution in [0.1, 0.15) is 31.9 Å². The number of hydrogen-bond donors (Lipinski definition) is 1. The molecule has 7 nitrogen and oxygen atoms in total. The SMILES string of the molecule is COc1cc(C#N)ccc1CN(C(=O)O)C(=O)OC(C)(C)C. The van der Waals surface area contributed by atoms with E-state index in [2.05, 4.69) is 0 Å². The van der Waals surface area contributed by atoms with E-state index in [4.69, 9.17) is 14.7 Å². The molecule has 22 heavy (non-hydrogen) atoms. The molecule has 0 aliphatic carbocycles. The fourth-order valence-corrected chi connectivity index (χ4v) is 1.64. The number of carboxylic acid groups (broad SMARTS) is 1. The minimum Gasteiger partial charge on any atom is -0.496 e. The van der Waals surface area contributed by atoms with Gasteiger partial charge < -0.3 is 14.6 Å². The molecule has 118 valence electrons. The van der Waals surface area contributed by atoms with E-state index in [0.29, 0.717) is 21.8 Å². The molecule has 0 aliphatic rings. The molecule has 2 amide bonds. The molecule has 0 fully saturated rings. The fourth-order valence-electron chi connectivity index (χ4n) is 1.64. The highest BCUT2D eigenvalue weighted by molar-refractivity contribution is 5.86. The van der Waals surface area contributed by atoms with Crippen molar-refractivity contribution >= 4 is 12.2 Å². The van der Waals surface area contributed by atoms with Gasteiger partial charge in [-0.05, 0) is 32.9 Å². The fraction of sp³-hybridized carbons (Fsp3) is 0.400. The predicted molar refractivity (Wildman–Crippen MR) is 77.5 cm³/mol. The van der Waals surface area contributed by atoms with Crippen LogP contribution < -0.4 is 4.74 Å². The number of methoxy groups -OCH3 is 1. The third-order valence-corrected chi connectivity index (χ3v) is 2.59. The zero-order chi connectivity index (χ0) is 16.9. The van der Waals surface area contributed by atoms with Gasteiger partial charge in [-0.3, -0.25) is 0 Å². The predicted octanol–water partition coefficient (Wildman–Crippen LogP) is 2.98. The normalized spacial score (nSPS) is 10.5. The molecule has 0 saturated heterocycles. The molecular formula is C15H18N2O5. The zero-order valence-corrected chi connectivity index (χ0v) is 12.9. The molecule has 0 bridgehead atoms. The highest BCUT2D eigenvalue weighted by Gasteiger charge is 2.28. The van der Waals surface area contributed by atoms with E-state index in [1.54, 1.807) is 20.8 Å². The Kier molecular flexibility index (Phi) is 5.35. The highest BCUT2D eigenvalue weighted by Crippen LogP contribution is 2.22. The molecule has 7 heteroatoms. The summed E-state index contributed by atoms with van der Waals surface area (Å²) in [5, 5.41) is 18.0. The second-order valence-corrected chi connectivity index (χ2v) is 5.49. The monoisotopic (exact) mass is 306 g/mol. The molecule has 0 saturated carbocycles. The Hall–Kier alpha value is -2.75. The van der Waals surface area contributed by atoms with E-state index < -0.39 is 17.8 Å². The zero-order valence-electron chi connectivity index (χ0n) is 12.9. The maximum atomic E-state index is 12.0. The average molecular weight is 306 g/mol. The number of nitriles is 1. The molecule has 0 radical (unpaired) electrons. The van der Waals surface area contributed by atoms with E-state index >= 15 is 0 Å². The van der Waals surface area contributed by atoms with E-state index in [1.807, 2.05) is 6.07 Å². The molecule has 1 aromatic carbocycles. The largest absolute Gasteiger partial charge is 0.496 e. The number of carbonyl (C=O) groups is 2. The average Bonchev–Trinajstić information content (AvgIpc) is 2.42. The van der Waals surface area contributed by atoms with E-state index in [1.165, 1.54) is 25.3 Å². The number of imide groups is 1. The van der Waals surface area contributed by atoms with Crippen LogP contribution in [0.5, 0.6) is 5.75 Å². The molecule has 0 aromatic heterocycles. The molecule has 0 spiro atoms. The van der Waals surface area contributed by atoms with Crippen molar-refractivity contribution in [2.45, 2.75) is 32.9 Å². The molecule has 0 unspecified atom stereocenters.